The Bertz CT molecular complexity index is 608. The lowest BCUT2D eigenvalue weighted by Gasteiger charge is -2.35. The van der Waals surface area contributed by atoms with Gasteiger partial charge in [0.1, 0.15) is 0 Å². The van der Waals surface area contributed by atoms with Gasteiger partial charge in [-0.05, 0) is 37.8 Å². The van der Waals surface area contributed by atoms with Crippen LogP contribution in [0.3, 0.4) is 0 Å². The number of nitrogens with zero attached hydrogens (tertiary/aromatic N) is 3. The van der Waals surface area contributed by atoms with Gasteiger partial charge in [-0.2, -0.15) is 5.10 Å². The molecule has 6 nitrogen and oxygen atoms in total. The molecular weight excluding hydrogens is 278 g/mol. The molecule has 2 aromatic rings. The Hall–Kier alpha value is -2.37. The predicted molar refractivity (Wildman–Crippen MR) is 83.1 cm³/mol. The number of hydrogen-bond donors (Lipinski definition) is 2. The second kappa shape index (κ2) is 6.60. The number of hydrogen-bond acceptors (Lipinski definition) is 3. The maximum atomic E-state index is 12.5. The fraction of sp³-hybridized carbons (Fsp3) is 0.438. The van der Waals surface area contributed by atoms with Gasteiger partial charge in [-0.25, -0.2) is 4.79 Å². The van der Waals surface area contributed by atoms with E-state index in [1.807, 2.05) is 30.2 Å². The van der Waals surface area contributed by atoms with Gasteiger partial charge in [0, 0.05) is 36.7 Å². The fourth-order valence-corrected chi connectivity index (χ4v) is 2.85. The monoisotopic (exact) mass is 299 g/mol. The van der Waals surface area contributed by atoms with Crippen molar-refractivity contribution in [2.24, 2.45) is 0 Å². The zero-order chi connectivity index (χ0) is 15.4. The van der Waals surface area contributed by atoms with Crippen molar-refractivity contribution in [1.29, 1.82) is 0 Å². The maximum absolute atomic E-state index is 12.5. The average molecular weight is 299 g/mol. The molecule has 2 amide bonds. The topological polar surface area (TPSA) is 73.9 Å². The van der Waals surface area contributed by atoms with E-state index in [1.54, 1.807) is 12.4 Å². The van der Waals surface area contributed by atoms with Gasteiger partial charge in [-0.3, -0.25) is 10.1 Å². The molecule has 116 valence electrons. The van der Waals surface area contributed by atoms with Gasteiger partial charge < -0.3 is 10.2 Å². The molecule has 0 saturated carbocycles. The van der Waals surface area contributed by atoms with Crippen LogP contribution in [0.2, 0.25) is 0 Å². The highest BCUT2D eigenvalue weighted by Crippen LogP contribution is 2.30. The summed E-state index contributed by atoms with van der Waals surface area (Å²) in [7, 11) is 0. The molecule has 1 fully saturated rings. The quantitative estimate of drug-likeness (QED) is 0.914. The number of aryl methyl sites for hydroxylation is 1. The number of pyridine rings is 1. The van der Waals surface area contributed by atoms with Crippen molar-refractivity contribution in [1.82, 2.24) is 25.4 Å². The molecule has 0 bridgehead atoms. The lowest BCUT2D eigenvalue weighted by molar-refractivity contribution is 0.151. The highest BCUT2D eigenvalue weighted by Gasteiger charge is 2.28. The van der Waals surface area contributed by atoms with Crippen LogP contribution in [-0.2, 0) is 6.54 Å². The second-order valence-corrected chi connectivity index (χ2v) is 5.70. The summed E-state index contributed by atoms with van der Waals surface area (Å²) in [6.45, 7) is 3.24. The molecule has 6 heteroatoms. The SMILES string of the molecule is Cc1ccc(CNC(=O)N2CCCC[C@H]2c2cn[nH]c2)cn1. The van der Waals surface area contributed by atoms with Crippen molar-refractivity contribution in [2.75, 3.05) is 6.54 Å². The zero-order valence-corrected chi connectivity index (χ0v) is 12.7. The normalized spacial score (nSPS) is 18.2. The Balaban J connectivity index is 1.63. The number of urea groups is 1. The summed E-state index contributed by atoms with van der Waals surface area (Å²) in [6, 6.07) is 4.04. The summed E-state index contributed by atoms with van der Waals surface area (Å²) >= 11 is 0. The third-order valence-electron chi connectivity index (χ3n) is 4.08. The molecule has 3 heterocycles. The van der Waals surface area contributed by atoms with Crippen LogP contribution in [0.4, 0.5) is 4.79 Å². The molecule has 1 saturated heterocycles. The van der Waals surface area contributed by atoms with Gasteiger partial charge in [0.2, 0.25) is 0 Å². The Labute approximate surface area is 129 Å². The van der Waals surface area contributed by atoms with Crippen LogP contribution in [0.25, 0.3) is 0 Å². The summed E-state index contributed by atoms with van der Waals surface area (Å²) in [5.74, 6) is 0. The number of H-pyrrole nitrogens is 1. The Morgan fingerprint density at radius 2 is 2.32 bits per heavy atom. The number of rotatable bonds is 3. The van der Waals surface area contributed by atoms with Gasteiger partial charge in [0.05, 0.1) is 12.2 Å². The number of amides is 2. The number of carbonyl (C=O) groups is 1. The molecule has 0 radical (unpaired) electrons. The van der Waals surface area contributed by atoms with Gasteiger partial charge >= 0.3 is 6.03 Å². The van der Waals surface area contributed by atoms with Gasteiger partial charge in [-0.1, -0.05) is 6.07 Å². The Morgan fingerprint density at radius 3 is 3.05 bits per heavy atom. The summed E-state index contributed by atoms with van der Waals surface area (Å²) in [4.78, 5) is 18.7. The minimum Gasteiger partial charge on any atom is -0.334 e. The zero-order valence-electron chi connectivity index (χ0n) is 12.7. The lowest BCUT2D eigenvalue weighted by atomic mass is 9.98. The van der Waals surface area contributed by atoms with E-state index in [0.717, 1.165) is 42.6 Å². The van der Waals surface area contributed by atoms with E-state index in [4.69, 9.17) is 0 Å². The molecule has 0 aromatic carbocycles. The molecule has 0 spiro atoms. The minimum absolute atomic E-state index is 0.0218. The number of nitrogens with one attached hydrogen (secondary N) is 2. The van der Waals surface area contributed by atoms with Crippen LogP contribution in [-0.4, -0.2) is 32.7 Å². The van der Waals surface area contributed by atoms with Crippen molar-refractivity contribution in [3.05, 3.63) is 47.5 Å². The van der Waals surface area contributed by atoms with Gasteiger partial charge in [-0.15, -0.1) is 0 Å². The first-order valence-corrected chi connectivity index (χ1v) is 7.69. The molecule has 0 unspecified atom stereocenters. The first kappa shape index (κ1) is 14.6. The van der Waals surface area contributed by atoms with E-state index in [-0.39, 0.29) is 12.1 Å². The van der Waals surface area contributed by atoms with Crippen molar-refractivity contribution in [3.63, 3.8) is 0 Å². The van der Waals surface area contributed by atoms with Crippen molar-refractivity contribution < 1.29 is 4.79 Å². The number of piperidine rings is 1. The van der Waals surface area contributed by atoms with E-state index >= 15 is 0 Å². The molecule has 1 aliphatic rings. The summed E-state index contributed by atoms with van der Waals surface area (Å²) in [6.07, 6.45) is 8.66. The average Bonchev–Trinajstić information content (AvgIpc) is 3.08. The standard InChI is InChI=1S/C16H21N5O/c1-12-5-6-13(8-17-12)9-18-16(22)21-7-3-2-4-15(21)14-10-19-20-11-14/h5-6,8,10-11,15H,2-4,7,9H2,1H3,(H,18,22)(H,19,20)/t15-/m0/s1. The third-order valence-corrected chi connectivity index (χ3v) is 4.08. The van der Waals surface area contributed by atoms with Crippen molar-refractivity contribution in [2.45, 2.75) is 38.8 Å². The van der Waals surface area contributed by atoms with Crippen molar-refractivity contribution >= 4 is 6.03 Å². The minimum atomic E-state index is -0.0218. The first-order valence-electron chi connectivity index (χ1n) is 7.69. The van der Waals surface area contributed by atoms with E-state index in [9.17, 15) is 4.79 Å². The number of carbonyl (C=O) groups excluding carboxylic acids is 1. The maximum Gasteiger partial charge on any atom is 0.318 e. The predicted octanol–water partition coefficient (Wildman–Crippen LogP) is 2.55. The summed E-state index contributed by atoms with van der Waals surface area (Å²) < 4.78 is 0. The van der Waals surface area contributed by atoms with E-state index in [0.29, 0.717) is 6.54 Å². The van der Waals surface area contributed by atoms with E-state index < -0.39 is 0 Å². The van der Waals surface area contributed by atoms with E-state index in [1.165, 1.54) is 0 Å². The van der Waals surface area contributed by atoms with Gasteiger partial charge in [0.15, 0.2) is 0 Å². The third kappa shape index (κ3) is 3.27. The fourth-order valence-electron chi connectivity index (χ4n) is 2.85. The van der Waals surface area contributed by atoms with Gasteiger partial charge in [0.25, 0.3) is 0 Å². The number of aromatic nitrogens is 3. The van der Waals surface area contributed by atoms with Crippen LogP contribution in [0.1, 0.15) is 42.1 Å². The molecule has 1 aliphatic heterocycles. The molecule has 1 atom stereocenters. The van der Waals surface area contributed by atoms with Crippen molar-refractivity contribution in [3.8, 4) is 0 Å². The lowest BCUT2D eigenvalue weighted by Crippen LogP contribution is -2.44. The first-order chi connectivity index (χ1) is 10.7. The molecule has 2 aromatic heterocycles. The smallest absolute Gasteiger partial charge is 0.318 e. The second-order valence-electron chi connectivity index (χ2n) is 5.70. The van der Waals surface area contributed by atoms with Crippen LogP contribution < -0.4 is 5.32 Å². The molecule has 3 rings (SSSR count). The molecule has 22 heavy (non-hydrogen) atoms. The Kier molecular flexibility index (Phi) is 4.37. The number of likely N-dealkylation sites (tertiary alicyclic amines) is 1. The number of aromatic amines is 1. The van der Waals surface area contributed by atoms with Crippen LogP contribution >= 0.6 is 0 Å². The largest absolute Gasteiger partial charge is 0.334 e. The van der Waals surface area contributed by atoms with Crippen LogP contribution in [0.5, 0.6) is 0 Å². The molecule has 0 aliphatic carbocycles. The summed E-state index contributed by atoms with van der Waals surface area (Å²) in [5, 5.41) is 9.83. The highest BCUT2D eigenvalue weighted by atomic mass is 16.2. The van der Waals surface area contributed by atoms with E-state index in [2.05, 4.69) is 20.5 Å². The van der Waals surface area contributed by atoms with Crippen LogP contribution in [0.15, 0.2) is 30.7 Å². The van der Waals surface area contributed by atoms with Crippen LogP contribution in [0, 0.1) is 6.92 Å². The molecule has 2 N–H and O–H groups in total. The highest BCUT2D eigenvalue weighted by molar-refractivity contribution is 5.74. The Morgan fingerprint density at radius 1 is 1.41 bits per heavy atom. The summed E-state index contributed by atoms with van der Waals surface area (Å²) in [5.41, 5.74) is 3.06. The molecular formula is C16H21N5O.